The van der Waals surface area contributed by atoms with Gasteiger partial charge in [0.25, 0.3) is 0 Å². The molecule has 0 bridgehead atoms. The van der Waals surface area contributed by atoms with Crippen molar-refractivity contribution in [1.82, 2.24) is 0 Å². The highest BCUT2D eigenvalue weighted by Crippen LogP contribution is 2.15. The Morgan fingerprint density at radius 3 is 1.69 bits per heavy atom. The lowest BCUT2D eigenvalue weighted by atomic mass is 10.0. The number of esters is 1. The van der Waals surface area contributed by atoms with Gasteiger partial charge in [0.05, 0.1) is 7.11 Å². The highest BCUT2D eigenvalue weighted by molar-refractivity contribution is 5.91. The van der Waals surface area contributed by atoms with Crippen LogP contribution in [0.4, 0.5) is 0 Å². The van der Waals surface area contributed by atoms with E-state index in [1.807, 2.05) is 37.3 Å². The average Bonchev–Trinajstić information content (AvgIpc) is 2.94. The Labute approximate surface area is 239 Å². The minimum Gasteiger partial charge on any atom is -0.490 e. The summed E-state index contributed by atoms with van der Waals surface area (Å²) >= 11 is 0. The number of hydrogen-bond acceptors (Lipinski definition) is 4. The first-order valence-electron chi connectivity index (χ1n) is 15.7. The predicted molar refractivity (Wildman–Crippen MR) is 164 cm³/mol. The fraction of sp³-hybridized carbons (Fsp3) is 0.706. The van der Waals surface area contributed by atoms with E-state index in [9.17, 15) is 9.59 Å². The lowest BCUT2D eigenvalue weighted by molar-refractivity contribution is -0.148. The van der Waals surface area contributed by atoms with Crippen molar-refractivity contribution in [3.8, 4) is 0 Å². The molecule has 5 heteroatoms. The molecule has 0 radical (unpaired) electrons. The second-order valence-electron chi connectivity index (χ2n) is 10.4. The first-order chi connectivity index (χ1) is 19.0. The van der Waals surface area contributed by atoms with Gasteiger partial charge in [0, 0.05) is 6.42 Å². The normalized spacial score (nSPS) is 11.8. The smallest absolute Gasteiger partial charge is 0.373 e. The van der Waals surface area contributed by atoms with Gasteiger partial charge in [-0.1, -0.05) is 141 Å². The van der Waals surface area contributed by atoms with E-state index in [-0.39, 0.29) is 17.8 Å². The van der Waals surface area contributed by atoms with Gasteiger partial charge in [-0.3, -0.25) is 4.79 Å². The first-order valence-corrected chi connectivity index (χ1v) is 15.7. The Hall–Kier alpha value is -2.30. The van der Waals surface area contributed by atoms with Crippen LogP contribution in [0.25, 0.3) is 6.08 Å². The van der Waals surface area contributed by atoms with Crippen LogP contribution < -0.4 is 0 Å². The molecule has 1 aromatic rings. The lowest BCUT2D eigenvalue weighted by Gasteiger charge is -2.16. The number of carboxylic acids is 1. The fourth-order valence-corrected chi connectivity index (χ4v) is 4.37. The van der Waals surface area contributed by atoms with E-state index in [0.717, 1.165) is 37.7 Å². The number of rotatable bonds is 23. The molecule has 0 saturated heterocycles. The maximum Gasteiger partial charge on any atom is 0.373 e. The average molecular weight is 547 g/mol. The molecule has 0 aliphatic rings. The lowest BCUT2D eigenvalue weighted by Crippen LogP contribution is -2.19. The topological polar surface area (TPSA) is 72.8 Å². The van der Waals surface area contributed by atoms with Crippen molar-refractivity contribution in [1.29, 1.82) is 0 Å². The van der Waals surface area contributed by atoms with Crippen molar-refractivity contribution in [3.05, 3.63) is 41.7 Å². The molecule has 39 heavy (non-hydrogen) atoms. The van der Waals surface area contributed by atoms with Crippen LogP contribution in [0.2, 0.25) is 0 Å². The zero-order chi connectivity index (χ0) is 29.0. The maximum absolute atomic E-state index is 12.2. The summed E-state index contributed by atoms with van der Waals surface area (Å²) in [5.74, 6) is -0.794. The molecule has 1 aromatic carbocycles. The van der Waals surface area contributed by atoms with Gasteiger partial charge in [-0.25, -0.2) is 4.79 Å². The molecule has 1 N–H and O–H groups in total. The second kappa shape index (κ2) is 27.3. The van der Waals surface area contributed by atoms with Gasteiger partial charge in [-0.2, -0.15) is 0 Å². The molecule has 0 heterocycles. The molecule has 0 spiro atoms. The van der Waals surface area contributed by atoms with Crippen molar-refractivity contribution >= 4 is 18.0 Å². The summed E-state index contributed by atoms with van der Waals surface area (Å²) < 4.78 is 10.7. The van der Waals surface area contributed by atoms with Gasteiger partial charge in [-0.05, 0) is 37.3 Å². The number of aliphatic carboxylic acids is 1. The summed E-state index contributed by atoms with van der Waals surface area (Å²) in [6, 6.07) is 9.62. The number of carbonyl (C=O) groups is 2. The third-order valence-corrected chi connectivity index (χ3v) is 6.87. The molecule has 224 valence electrons. The quantitative estimate of drug-likeness (QED) is 0.0639. The summed E-state index contributed by atoms with van der Waals surface area (Å²) in [4.78, 5) is 22.5. The third kappa shape index (κ3) is 23.3. The molecular formula is C34H58O5. The molecule has 0 aliphatic carbocycles. The number of benzene rings is 1. The van der Waals surface area contributed by atoms with Crippen molar-refractivity contribution < 1.29 is 24.2 Å². The van der Waals surface area contributed by atoms with Crippen molar-refractivity contribution in [2.45, 2.75) is 149 Å². The summed E-state index contributed by atoms with van der Waals surface area (Å²) in [5.41, 5.74) is 0.922. The monoisotopic (exact) mass is 546 g/mol. The first kappa shape index (κ1) is 36.7. The van der Waals surface area contributed by atoms with E-state index in [4.69, 9.17) is 14.6 Å². The van der Waals surface area contributed by atoms with Crippen LogP contribution in [-0.2, 0) is 19.1 Å². The minimum atomic E-state index is -0.655. The van der Waals surface area contributed by atoms with Gasteiger partial charge in [0.2, 0.25) is 5.76 Å². The molecule has 0 saturated carbocycles. The highest BCUT2D eigenvalue weighted by atomic mass is 16.6. The van der Waals surface area contributed by atoms with Crippen LogP contribution in [0.3, 0.4) is 0 Å². The van der Waals surface area contributed by atoms with Gasteiger partial charge in [0.1, 0.15) is 6.10 Å². The molecular weight excluding hydrogens is 488 g/mol. The van der Waals surface area contributed by atoms with Gasteiger partial charge in [0.15, 0.2) is 0 Å². The van der Waals surface area contributed by atoms with Crippen molar-refractivity contribution in [3.63, 3.8) is 0 Å². The van der Waals surface area contributed by atoms with Crippen LogP contribution in [0.15, 0.2) is 36.1 Å². The molecule has 1 unspecified atom stereocenters. The maximum atomic E-state index is 12.2. The van der Waals surface area contributed by atoms with E-state index < -0.39 is 5.97 Å². The zero-order valence-electron chi connectivity index (χ0n) is 25.6. The Balaban J connectivity index is 0.000000751. The Kier molecular flexibility index (Phi) is 25.7. The number of ether oxygens (including phenoxy) is 2. The van der Waals surface area contributed by atoms with E-state index in [1.165, 1.54) is 90.6 Å². The van der Waals surface area contributed by atoms with Gasteiger partial charge in [-0.15, -0.1) is 0 Å². The Bertz CT molecular complexity index is 728. The van der Waals surface area contributed by atoms with E-state index in [0.29, 0.717) is 6.42 Å². The summed E-state index contributed by atoms with van der Waals surface area (Å²) in [7, 11) is 1.49. The number of methoxy groups -OCH3 is 1. The molecule has 0 aromatic heterocycles. The third-order valence-electron chi connectivity index (χ3n) is 6.87. The van der Waals surface area contributed by atoms with Crippen LogP contribution in [-0.4, -0.2) is 30.3 Å². The summed E-state index contributed by atoms with van der Waals surface area (Å²) in [5, 5.41) is 8.49. The van der Waals surface area contributed by atoms with E-state index in [2.05, 4.69) is 13.8 Å². The predicted octanol–water partition coefficient (Wildman–Crippen LogP) is 10.1. The van der Waals surface area contributed by atoms with Gasteiger partial charge < -0.3 is 14.6 Å². The zero-order valence-corrected chi connectivity index (χ0v) is 25.6. The van der Waals surface area contributed by atoms with E-state index >= 15 is 0 Å². The standard InChI is InChI=1S/C18H26O3.C16H32O2/c1-4-6-8-13-16(5-2)21-18(19)17(20-3)14-15-11-9-7-10-12-15;1-2-3-4-5-6-7-8-9-10-11-12-13-14-15-16(17)18/h7,9-12,14,16H,4-6,8,13H2,1-3H3;2-15H2,1H3,(H,17,18). The fourth-order valence-electron chi connectivity index (χ4n) is 4.37. The highest BCUT2D eigenvalue weighted by Gasteiger charge is 2.17. The second-order valence-corrected chi connectivity index (χ2v) is 10.4. The van der Waals surface area contributed by atoms with Crippen molar-refractivity contribution in [2.24, 2.45) is 0 Å². The largest absolute Gasteiger partial charge is 0.490 e. The molecule has 5 nitrogen and oxygen atoms in total. The summed E-state index contributed by atoms with van der Waals surface area (Å²) in [6.07, 6.45) is 24.1. The van der Waals surface area contributed by atoms with Crippen LogP contribution >= 0.6 is 0 Å². The number of hydrogen-bond donors (Lipinski definition) is 1. The van der Waals surface area contributed by atoms with Crippen molar-refractivity contribution in [2.75, 3.05) is 7.11 Å². The molecule has 0 aliphatic heterocycles. The van der Waals surface area contributed by atoms with Crippen LogP contribution in [0, 0.1) is 0 Å². The number of carboxylic acid groups (broad SMARTS) is 1. The molecule has 1 rings (SSSR count). The summed E-state index contributed by atoms with van der Waals surface area (Å²) in [6.45, 7) is 6.46. The van der Waals surface area contributed by atoms with Crippen LogP contribution in [0.5, 0.6) is 0 Å². The van der Waals surface area contributed by atoms with E-state index in [1.54, 1.807) is 6.08 Å². The SMILES string of the molecule is CCCCCC(CC)OC(=O)C(=Cc1ccccc1)OC.CCCCCCCCCCCCCCCC(=O)O. The molecule has 0 fully saturated rings. The number of unbranched alkanes of at least 4 members (excludes halogenated alkanes) is 14. The number of carbonyl (C=O) groups excluding carboxylic acids is 1. The Morgan fingerprint density at radius 2 is 1.23 bits per heavy atom. The van der Waals surface area contributed by atoms with Gasteiger partial charge >= 0.3 is 11.9 Å². The van der Waals surface area contributed by atoms with Crippen LogP contribution in [0.1, 0.15) is 148 Å². The molecule has 0 amide bonds. The molecule has 1 atom stereocenters. The Morgan fingerprint density at radius 1 is 0.744 bits per heavy atom. The minimum absolute atomic E-state index is 0.0293.